The molecule has 0 bridgehead atoms. The number of imide groups is 1. The highest BCUT2D eigenvalue weighted by Gasteiger charge is 2.47. The number of carbonyl (C=O) groups is 2. The summed E-state index contributed by atoms with van der Waals surface area (Å²) in [6.45, 7) is 7.30. The van der Waals surface area contributed by atoms with Gasteiger partial charge in [-0.2, -0.15) is 0 Å². The van der Waals surface area contributed by atoms with Gasteiger partial charge in [0.05, 0.1) is 11.8 Å². The summed E-state index contributed by atoms with van der Waals surface area (Å²) in [5.41, 5.74) is 0. The Hall–Kier alpha value is -0.870. The largest absolute Gasteiger partial charge is 0.302 e. The first kappa shape index (κ1) is 14.5. The third-order valence-corrected chi connectivity index (χ3v) is 4.50. The van der Waals surface area contributed by atoms with E-state index in [0.717, 1.165) is 19.6 Å². The Labute approximate surface area is 119 Å². The second-order valence-electron chi connectivity index (χ2n) is 5.16. The lowest BCUT2D eigenvalue weighted by Gasteiger charge is -2.22. The van der Waals surface area contributed by atoms with Crippen molar-refractivity contribution in [3.05, 3.63) is 11.1 Å². The molecule has 4 nitrogen and oxygen atoms in total. The molecule has 2 aliphatic rings. The van der Waals surface area contributed by atoms with E-state index < -0.39 is 0 Å². The SMILES string of the molecule is CCN(CC)CCN1C(=O)[C@H]2CC=C(Cl)C[C@@H]2C1=O. The van der Waals surface area contributed by atoms with Crippen LogP contribution in [0.4, 0.5) is 0 Å². The van der Waals surface area contributed by atoms with Crippen molar-refractivity contribution >= 4 is 23.4 Å². The van der Waals surface area contributed by atoms with Gasteiger partial charge in [-0.3, -0.25) is 14.5 Å². The third kappa shape index (κ3) is 2.84. The van der Waals surface area contributed by atoms with Gasteiger partial charge in [-0.05, 0) is 25.9 Å². The van der Waals surface area contributed by atoms with E-state index in [2.05, 4.69) is 18.7 Å². The third-order valence-electron chi connectivity index (χ3n) is 4.19. The average Bonchev–Trinajstić information content (AvgIpc) is 2.64. The number of carbonyl (C=O) groups excluding carboxylic acids is 2. The van der Waals surface area contributed by atoms with Crippen LogP contribution < -0.4 is 0 Å². The Morgan fingerprint density at radius 1 is 1.26 bits per heavy atom. The molecule has 2 atom stereocenters. The first-order chi connectivity index (χ1) is 9.08. The minimum atomic E-state index is -0.221. The molecule has 0 radical (unpaired) electrons. The van der Waals surface area contributed by atoms with Gasteiger partial charge in [-0.1, -0.05) is 31.5 Å². The Bertz CT molecular complexity index is 404. The number of hydrogen-bond acceptors (Lipinski definition) is 3. The van der Waals surface area contributed by atoms with Crippen molar-refractivity contribution in [3.8, 4) is 0 Å². The van der Waals surface area contributed by atoms with Crippen LogP contribution in [0.1, 0.15) is 26.7 Å². The topological polar surface area (TPSA) is 40.6 Å². The molecule has 0 aromatic carbocycles. The maximum Gasteiger partial charge on any atom is 0.233 e. The molecule has 1 saturated heterocycles. The van der Waals surface area contributed by atoms with Crippen LogP contribution in [0.5, 0.6) is 0 Å². The van der Waals surface area contributed by atoms with E-state index in [0.29, 0.717) is 24.4 Å². The number of likely N-dealkylation sites (N-methyl/N-ethyl adjacent to an activating group) is 1. The molecule has 1 aliphatic heterocycles. The smallest absolute Gasteiger partial charge is 0.233 e. The van der Waals surface area contributed by atoms with E-state index in [1.54, 1.807) is 0 Å². The summed E-state index contributed by atoms with van der Waals surface area (Å²) < 4.78 is 0. The number of likely N-dealkylation sites (tertiary alicyclic amines) is 1. The summed E-state index contributed by atoms with van der Waals surface area (Å²) in [5, 5.41) is 0.716. The van der Waals surface area contributed by atoms with E-state index in [9.17, 15) is 9.59 Å². The fraction of sp³-hybridized carbons (Fsp3) is 0.714. The van der Waals surface area contributed by atoms with Gasteiger partial charge in [0.2, 0.25) is 11.8 Å². The predicted molar refractivity (Wildman–Crippen MR) is 74.7 cm³/mol. The quantitative estimate of drug-likeness (QED) is 0.724. The van der Waals surface area contributed by atoms with Crippen molar-refractivity contribution in [2.45, 2.75) is 26.7 Å². The van der Waals surface area contributed by atoms with Gasteiger partial charge in [0, 0.05) is 18.1 Å². The van der Waals surface area contributed by atoms with Gasteiger partial charge in [0.15, 0.2) is 0 Å². The fourth-order valence-corrected chi connectivity index (χ4v) is 3.15. The Morgan fingerprint density at radius 3 is 2.53 bits per heavy atom. The Kier molecular flexibility index (Phi) is 4.63. The molecular weight excluding hydrogens is 264 g/mol. The average molecular weight is 285 g/mol. The molecule has 0 N–H and O–H groups in total. The monoisotopic (exact) mass is 284 g/mol. The summed E-state index contributed by atoms with van der Waals surface area (Å²) in [4.78, 5) is 28.2. The number of hydrogen-bond donors (Lipinski definition) is 0. The second kappa shape index (κ2) is 6.06. The summed E-state index contributed by atoms with van der Waals surface area (Å²) in [5.74, 6) is -0.440. The molecule has 0 unspecified atom stereocenters. The molecular formula is C14H21ClN2O2. The van der Waals surface area contributed by atoms with Gasteiger partial charge in [0.1, 0.15) is 0 Å². The summed E-state index contributed by atoms with van der Waals surface area (Å²) >= 11 is 5.99. The normalized spacial score (nSPS) is 26.9. The number of fused-ring (bicyclic) bond motifs is 1. The number of allylic oxidation sites excluding steroid dienone is 2. The molecule has 0 aromatic rings. The van der Waals surface area contributed by atoms with Crippen molar-refractivity contribution in [2.75, 3.05) is 26.2 Å². The molecule has 0 aromatic heterocycles. The first-order valence-corrected chi connectivity index (χ1v) is 7.38. The fourth-order valence-electron chi connectivity index (χ4n) is 2.90. The lowest BCUT2D eigenvalue weighted by Crippen LogP contribution is -2.39. The molecule has 0 spiro atoms. The van der Waals surface area contributed by atoms with Gasteiger partial charge < -0.3 is 4.90 Å². The van der Waals surface area contributed by atoms with Gasteiger partial charge in [0.25, 0.3) is 0 Å². The molecule has 5 heteroatoms. The molecule has 19 heavy (non-hydrogen) atoms. The van der Waals surface area contributed by atoms with Gasteiger partial charge in [-0.25, -0.2) is 0 Å². The molecule has 1 aliphatic carbocycles. The van der Waals surface area contributed by atoms with Crippen molar-refractivity contribution in [2.24, 2.45) is 11.8 Å². The van der Waals surface area contributed by atoms with E-state index in [1.165, 1.54) is 4.90 Å². The molecule has 2 rings (SSSR count). The second-order valence-corrected chi connectivity index (χ2v) is 5.64. The van der Waals surface area contributed by atoms with Crippen molar-refractivity contribution in [1.29, 1.82) is 0 Å². The van der Waals surface area contributed by atoms with E-state index in [-0.39, 0.29) is 23.7 Å². The molecule has 1 fully saturated rings. The first-order valence-electron chi connectivity index (χ1n) is 7.00. The van der Waals surface area contributed by atoms with Crippen LogP contribution in [0, 0.1) is 11.8 Å². The zero-order chi connectivity index (χ0) is 14.0. The number of amides is 2. The molecule has 0 saturated carbocycles. The van der Waals surface area contributed by atoms with Crippen molar-refractivity contribution in [3.63, 3.8) is 0 Å². The molecule has 2 amide bonds. The van der Waals surface area contributed by atoms with Crippen LogP contribution in [0.25, 0.3) is 0 Å². The van der Waals surface area contributed by atoms with Crippen LogP contribution in [-0.2, 0) is 9.59 Å². The zero-order valence-electron chi connectivity index (χ0n) is 11.6. The zero-order valence-corrected chi connectivity index (χ0v) is 12.3. The molecule has 106 valence electrons. The minimum absolute atomic E-state index is 0.0115. The van der Waals surface area contributed by atoms with Crippen molar-refractivity contribution in [1.82, 2.24) is 9.80 Å². The Balaban J connectivity index is 2.00. The standard InChI is InChI=1S/C14H21ClN2O2/c1-3-16(4-2)7-8-17-13(18)11-6-5-10(15)9-12(11)14(17)19/h5,11-12H,3-4,6-9H2,1-2H3/t11-,12-/m0/s1. The predicted octanol–water partition coefficient (Wildman–Crippen LogP) is 1.85. The lowest BCUT2D eigenvalue weighted by atomic mass is 9.85. The van der Waals surface area contributed by atoms with E-state index in [4.69, 9.17) is 11.6 Å². The van der Waals surface area contributed by atoms with Crippen LogP contribution in [0.2, 0.25) is 0 Å². The van der Waals surface area contributed by atoms with Crippen LogP contribution in [0.15, 0.2) is 11.1 Å². The number of halogens is 1. The number of nitrogens with zero attached hydrogens (tertiary/aromatic N) is 2. The summed E-state index contributed by atoms with van der Waals surface area (Å²) in [6, 6.07) is 0. The van der Waals surface area contributed by atoms with Crippen LogP contribution in [0.3, 0.4) is 0 Å². The van der Waals surface area contributed by atoms with Crippen LogP contribution in [-0.4, -0.2) is 47.8 Å². The highest BCUT2D eigenvalue weighted by atomic mass is 35.5. The minimum Gasteiger partial charge on any atom is -0.302 e. The number of rotatable bonds is 5. The Morgan fingerprint density at radius 2 is 1.89 bits per heavy atom. The summed E-state index contributed by atoms with van der Waals surface area (Å²) in [7, 11) is 0. The maximum absolute atomic E-state index is 12.3. The maximum atomic E-state index is 12.3. The van der Waals surface area contributed by atoms with Crippen LogP contribution >= 0.6 is 11.6 Å². The van der Waals surface area contributed by atoms with E-state index in [1.807, 2.05) is 6.08 Å². The van der Waals surface area contributed by atoms with E-state index >= 15 is 0 Å². The van der Waals surface area contributed by atoms with Crippen molar-refractivity contribution < 1.29 is 9.59 Å². The van der Waals surface area contributed by atoms with Gasteiger partial charge >= 0.3 is 0 Å². The lowest BCUT2D eigenvalue weighted by molar-refractivity contribution is -0.140. The highest BCUT2D eigenvalue weighted by Crippen LogP contribution is 2.38. The highest BCUT2D eigenvalue weighted by molar-refractivity contribution is 6.30. The molecule has 1 heterocycles. The van der Waals surface area contributed by atoms with Gasteiger partial charge in [-0.15, -0.1) is 0 Å². The summed E-state index contributed by atoms with van der Waals surface area (Å²) in [6.07, 6.45) is 3.01.